The van der Waals surface area contributed by atoms with Gasteiger partial charge in [0, 0.05) is 37.9 Å². The minimum atomic E-state index is -0.818. The summed E-state index contributed by atoms with van der Waals surface area (Å²) >= 11 is 0. The van der Waals surface area contributed by atoms with E-state index >= 15 is 0 Å². The molecule has 1 N–H and O–H groups in total. The maximum Gasteiger partial charge on any atom is 0.303 e. The molecule has 3 rings (SSSR count). The maximum atomic E-state index is 12.4. The fourth-order valence-electron chi connectivity index (χ4n) is 3.20. The summed E-state index contributed by atoms with van der Waals surface area (Å²) in [4.78, 5) is 25.0. The van der Waals surface area contributed by atoms with Gasteiger partial charge in [-0.15, -0.1) is 0 Å². The Labute approximate surface area is 152 Å². The molecule has 1 fully saturated rings. The standard InChI is InChI=1S/C19H23N3O4/c1-12-17(8-9-18(23)24)13(2)22(20-12)15-6-4-14(5-7-15)19(25)21-10-16(11-21)26-3/h4-7,16H,8-11H2,1-3H3,(H,23,24). The third-order valence-electron chi connectivity index (χ3n) is 4.86. The third kappa shape index (κ3) is 3.48. The lowest BCUT2D eigenvalue weighted by Gasteiger charge is -2.38. The van der Waals surface area contributed by atoms with E-state index < -0.39 is 5.97 Å². The van der Waals surface area contributed by atoms with Gasteiger partial charge in [0.25, 0.3) is 5.91 Å². The molecule has 1 aliphatic heterocycles. The van der Waals surface area contributed by atoms with Gasteiger partial charge in [-0.05, 0) is 50.1 Å². The van der Waals surface area contributed by atoms with Gasteiger partial charge in [-0.25, -0.2) is 4.68 Å². The van der Waals surface area contributed by atoms with Crippen LogP contribution in [-0.4, -0.2) is 58.0 Å². The van der Waals surface area contributed by atoms with Crippen molar-refractivity contribution in [1.82, 2.24) is 14.7 Å². The molecule has 0 atom stereocenters. The molecule has 1 amide bonds. The maximum absolute atomic E-state index is 12.4. The molecule has 0 bridgehead atoms. The Morgan fingerprint density at radius 1 is 1.23 bits per heavy atom. The van der Waals surface area contributed by atoms with Crippen LogP contribution < -0.4 is 0 Å². The van der Waals surface area contributed by atoms with Crippen LogP contribution in [0.3, 0.4) is 0 Å². The second kappa shape index (κ2) is 7.29. The van der Waals surface area contributed by atoms with E-state index in [1.165, 1.54) is 0 Å². The lowest BCUT2D eigenvalue weighted by atomic mass is 10.1. The highest BCUT2D eigenvalue weighted by molar-refractivity contribution is 5.95. The van der Waals surface area contributed by atoms with Crippen LogP contribution in [0.2, 0.25) is 0 Å². The first-order valence-electron chi connectivity index (χ1n) is 8.60. The molecule has 0 saturated carbocycles. The number of rotatable bonds is 6. The first-order chi connectivity index (χ1) is 12.4. The highest BCUT2D eigenvalue weighted by Gasteiger charge is 2.31. The SMILES string of the molecule is COC1CN(C(=O)c2ccc(-n3nc(C)c(CCC(=O)O)c3C)cc2)C1. The molecule has 0 spiro atoms. The average Bonchev–Trinajstić information content (AvgIpc) is 2.86. The van der Waals surface area contributed by atoms with E-state index in [9.17, 15) is 9.59 Å². The number of hydrogen-bond acceptors (Lipinski definition) is 4. The number of carbonyl (C=O) groups excluding carboxylic acids is 1. The van der Waals surface area contributed by atoms with Crippen LogP contribution in [0, 0.1) is 13.8 Å². The summed E-state index contributed by atoms with van der Waals surface area (Å²) in [5, 5.41) is 13.4. The van der Waals surface area contributed by atoms with Crippen LogP contribution in [-0.2, 0) is 16.0 Å². The zero-order valence-electron chi connectivity index (χ0n) is 15.2. The molecule has 138 valence electrons. The Kier molecular flexibility index (Phi) is 5.08. The molecule has 1 aliphatic rings. The zero-order valence-corrected chi connectivity index (χ0v) is 15.2. The number of carboxylic acid groups (broad SMARTS) is 1. The highest BCUT2D eigenvalue weighted by Crippen LogP contribution is 2.21. The molecule has 2 aromatic rings. The second-order valence-electron chi connectivity index (χ2n) is 6.57. The molecule has 7 nitrogen and oxygen atoms in total. The van der Waals surface area contributed by atoms with E-state index in [0.29, 0.717) is 25.1 Å². The van der Waals surface area contributed by atoms with Crippen molar-refractivity contribution in [1.29, 1.82) is 0 Å². The minimum Gasteiger partial charge on any atom is -0.481 e. The van der Waals surface area contributed by atoms with Crippen LogP contribution in [0.1, 0.15) is 33.7 Å². The van der Waals surface area contributed by atoms with Crippen LogP contribution >= 0.6 is 0 Å². The lowest BCUT2D eigenvalue weighted by molar-refractivity contribution is -0.136. The summed E-state index contributed by atoms with van der Waals surface area (Å²) in [5.41, 5.74) is 4.19. The molecular formula is C19H23N3O4. The Morgan fingerprint density at radius 2 is 1.88 bits per heavy atom. The summed E-state index contributed by atoms with van der Waals surface area (Å²) < 4.78 is 7.00. The summed E-state index contributed by atoms with van der Waals surface area (Å²) in [6.45, 7) is 5.07. The van der Waals surface area contributed by atoms with Gasteiger partial charge in [0.2, 0.25) is 0 Å². The van der Waals surface area contributed by atoms with E-state index in [0.717, 1.165) is 22.6 Å². The fourth-order valence-corrected chi connectivity index (χ4v) is 3.20. The van der Waals surface area contributed by atoms with Crippen LogP contribution in [0.5, 0.6) is 0 Å². The number of amides is 1. The molecule has 1 aromatic heterocycles. The van der Waals surface area contributed by atoms with Crippen molar-refractivity contribution in [2.75, 3.05) is 20.2 Å². The van der Waals surface area contributed by atoms with Gasteiger partial charge >= 0.3 is 5.97 Å². The fraction of sp³-hybridized carbons (Fsp3) is 0.421. The van der Waals surface area contributed by atoms with E-state index in [-0.39, 0.29) is 18.4 Å². The molecule has 7 heteroatoms. The predicted molar refractivity (Wildman–Crippen MR) is 95.7 cm³/mol. The molecule has 1 aromatic carbocycles. The van der Waals surface area contributed by atoms with Crippen LogP contribution in [0.15, 0.2) is 24.3 Å². The number of methoxy groups -OCH3 is 1. The Morgan fingerprint density at radius 3 is 2.46 bits per heavy atom. The summed E-state index contributed by atoms with van der Waals surface area (Å²) in [6.07, 6.45) is 0.676. The topological polar surface area (TPSA) is 84.7 Å². The first-order valence-corrected chi connectivity index (χ1v) is 8.60. The molecule has 0 radical (unpaired) electrons. The number of carboxylic acids is 1. The Hall–Kier alpha value is -2.67. The number of aliphatic carboxylic acids is 1. The second-order valence-corrected chi connectivity index (χ2v) is 6.57. The number of ether oxygens (including phenoxy) is 1. The molecule has 26 heavy (non-hydrogen) atoms. The van der Waals surface area contributed by atoms with Crippen molar-refractivity contribution in [3.05, 3.63) is 46.8 Å². The van der Waals surface area contributed by atoms with Crippen molar-refractivity contribution in [3.63, 3.8) is 0 Å². The third-order valence-corrected chi connectivity index (χ3v) is 4.86. The summed E-state index contributed by atoms with van der Waals surface area (Å²) in [5.74, 6) is -0.818. The number of likely N-dealkylation sites (tertiary alicyclic amines) is 1. The summed E-state index contributed by atoms with van der Waals surface area (Å²) in [6, 6.07) is 7.32. The Balaban J connectivity index is 1.75. The first kappa shape index (κ1) is 18.1. The van der Waals surface area contributed by atoms with Gasteiger partial charge in [0.1, 0.15) is 0 Å². The minimum absolute atomic E-state index is 0.000338. The van der Waals surface area contributed by atoms with Crippen molar-refractivity contribution in [2.24, 2.45) is 0 Å². The van der Waals surface area contributed by atoms with E-state index in [4.69, 9.17) is 9.84 Å². The van der Waals surface area contributed by atoms with E-state index in [2.05, 4.69) is 5.10 Å². The highest BCUT2D eigenvalue weighted by atomic mass is 16.5. The molecule has 2 heterocycles. The predicted octanol–water partition coefficient (Wildman–Crippen LogP) is 1.98. The number of aryl methyl sites for hydroxylation is 1. The average molecular weight is 357 g/mol. The van der Waals surface area contributed by atoms with Crippen molar-refractivity contribution < 1.29 is 19.4 Å². The van der Waals surface area contributed by atoms with Crippen molar-refractivity contribution >= 4 is 11.9 Å². The van der Waals surface area contributed by atoms with Crippen LogP contribution in [0.4, 0.5) is 0 Å². The van der Waals surface area contributed by atoms with Gasteiger partial charge in [0.15, 0.2) is 0 Å². The van der Waals surface area contributed by atoms with Gasteiger partial charge in [-0.1, -0.05) is 0 Å². The molecule has 0 aliphatic carbocycles. The molecular weight excluding hydrogens is 334 g/mol. The summed E-state index contributed by atoms with van der Waals surface area (Å²) in [7, 11) is 1.65. The quantitative estimate of drug-likeness (QED) is 0.854. The van der Waals surface area contributed by atoms with E-state index in [1.54, 1.807) is 28.8 Å². The van der Waals surface area contributed by atoms with E-state index in [1.807, 2.05) is 26.0 Å². The normalized spacial score (nSPS) is 14.3. The van der Waals surface area contributed by atoms with Crippen molar-refractivity contribution in [3.8, 4) is 5.69 Å². The number of carbonyl (C=O) groups is 2. The van der Waals surface area contributed by atoms with Gasteiger partial charge in [-0.2, -0.15) is 5.10 Å². The van der Waals surface area contributed by atoms with Crippen LogP contribution in [0.25, 0.3) is 5.69 Å². The Bertz CT molecular complexity index is 820. The smallest absolute Gasteiger partial charge is 0.303 e. The van der Waals surface area contributed by atoms with Gasteiger partial charge < -0.3 is 14.7 Å². The number of aromatic nitrogens is 2. The zero-order chi connectivity index (χ0) is 18.8. The lowest BCUT2D eigenvalue weighted by Crippen LogP contribution is -2.54. The largest absolute Gasteiger partial charge is 0.481 e. The monoisotopic (exact) mass is 357 g/mol. The molecule has 1 saturated heterocycles. The number of nitrogens with zero attached hydrogens (tertiary/aromatic N) is 3. The number of hydrogen-bond donors (Lipinski definition) is 1. The van der Waals surface area contributed by atoms with Crippen molar-refractivity contribution in [2.45, 2.75) is 32.8 Å². The molecule has 0 unspecified atom stereocenters. The van der Waals surface area contributed by atoms with Gasteiger partial charge in [0.05, 0.1) is 17.5 Å². The van der Waals surface area contributed by atoms with Gasteiger partial charge in [-0.3, -0.25) is 9.59 Å². The number of benzene rings is 1.